The number of anilines is 1. The minimum atomic E-state index is -3.97. The van der Waals surface area contributed by atoms with Crippen LogP contribution in [-0.2, 0) is 16.6 Å². The van der Waals surface area contributed by atoms with Crippen LogP contribution in [0.3, 0.4) is 0 Å². The Labute approximate surface area is 222 Å². The number of para-hydroxylation sites is 1. The van der Waals surface area contributed by atoms with Crippen molar-refractivity contribution in [2.45, 2.75) is 18.4 Å². The minimum absolute atomic E-state index is 0.0705. The van der Waals surface area contributed by atoms with Gasteiger partial charge in [-0.25, -0.2) is 8.42 Å². The number of benzene rings is 4. The molecule has 0 aliphatic carbocycles. The van der Waals surface area contributed by atoms with E-state index in [0.717, 1.165) is 11.1 Å². The van der Waals surface area contributed by atoms with Gasteiger partial charge in [-0.15, -0.1) is 0 Å². The van der Waals surface area contributed by atoms with Crippen molar-refractivity contribution in [1.82, 2.24) is 5.32 Å². The van der Waals surface area contributed by atoms with Crippen LogP contribution in [0.25, 0.3) is 0 Å². The summed E-state index contributed by atoms with van der Waals surface area (Å²) in [5.74, 6) is 0.241. The second kappa shape index (κ2) is 12.0. The molecule has 0 radical (unpaired) electrons. The van der Waals surface area contributed by atoms with E-state index in [1.807, 2.05) is 37.3 Å². The van der Waals surface area contributed by atoms with Gasteiger partial charge in [0.2, 0.25) is 0 Å². The van der Waals surface area contributed by atoms with E-state index in [-0.39, 0.29) is 30.2 Å². The highest BCUT2D eigenvalue weighted by atomic mass is 35.5. The number of aryl methyl sites for hydroxylation is 1. The van der Waals surface area contributed by atoms with Gasteiger partial charge >= 0.3 is 0 Å². The fourth-order valence-electron chi connectivity index (χ4n) is 3.73. The van der Waals surface area contributed by atoms with E-state index in [1.165, 1.54) is 4.31 Å². The number of nitrogens with one attached hydrogen (secondary N) is 1. The van der Waals surface area contributed by atoms with Gasteiger partial charge in [-0.1, -0.05) is 71.8 Å². The van der Waals surface area contributed by atoms with Gasteiger partial charge in [0.1, 0.15) is 12.4 Å². The molecule has 0 fully saturated rings. The lowest BCUT2D eigenvalue weighted by Gasteiger charge is -2.26. The average molecular weight is 535 g/mol. The molecular weight excluding hydrogens is 508 g/mol. The molecule has 0 atom stereocenters. The maximum Gasteiger partial charge on any atom is 0.264 e. The van der Waals surface area contributed by atoms with Crippen LogP contribution in [0.2, 0.25) is 5.02 Å². The Hall–Kier alpha value is -3.81. The first-order valence-corrected chi connectivity index (χ1v) is 13.6. The molecule has 4 aromatic rings. The van der Waals surface area contributed by atoms with Gasteiger partial charge in [0, 0.05) is 5.02 Å². The molecule has 0 saturated carbocycles. The summed E-state index contributed by atoms with van der Waals surface area (Å²) in [6, 6.07) is 29.6. The molecule has 4 rings (SSSR count). The SMILES string of the molecule is Cc1ccc(S(=O)(=O)N(Cc2ccccc2)c2ccccc2C(=O)NCCOc2ccc(Cl)cc2)cc1. The summed E-state index contributed by atoms with van der Waals surface area (Å²) >= 11 is 5.89. The molecule has 1 amide bonds. The standard InChI is InChI=1S/C29H27ClN2O4S/c1-22-11-17-26(18-12-22)37(34,35)32(21-23-7-3-2-4-8-23)28-10-6-5-9-27(28)29(33)31-19-20-36-25-15-13-24(30)14-16-25/h2-18H,19-21H2,1H3,(H,31,33). The fraction of sp³-hybridized carbons (Fsp3) is 0.138. The second-order valence-corrected chi connectivity index (χ2v) is 10.7. The molecule has 37 heavy (non-hydrogen) atoms. The maximum atomic E-state index is 13.8. The molecule has 0 aromatic heterocycles. The Morgan fingerprint density at radius 1 is 0.865 bits per heavy atom. The zero-order chi connectivity index (χ0) is 26.3. The van der Waals surface area contributed by atoms with Crippen molar-refractivity contribution in [1.29, 1.82) is 0 Å². The predicted octanol–water partition coefficient (Wildman–Crippen LogP) is 5.85. The van der Waals surface area contributed by atoms with Gasteiger partial charge in [0.25, 0.3) is 15.9 Å². The molecular formula is C29H27ClN2O4S. The summed E-state index contributed by atoms with van der Waals surface area (Å²) < 4.78 is 34.6. The first-order valence-electron chi connectivity index (χ1n) is 11.7. The van der Waals surface area contributed by atoms with Crippen molar-refractivity contribution in [2.75, 3.05) is 17.5 Å². The molecule has 0 spiro atoms. The highest BCUT2D eigenvalue weighted by molar-refractivity contribution is 7.92. The quantitative estimate of drug-likeness (QED) is 0.259. The number of rotatable bonds is 10. The minimum Gasteiger partial charge on any atom is -0.492 e. The van der Waals surface area contributed by atoms with Crippen molar-refractivity contribution in [2.24, 2.45) is 0 Å². The molecule has 0 saturated heterocycles. The first kappa shape index (κ1) is 26.3. The number of carbonyl (C=O) groups is 1. The van der Waals surface area contributed by atoms with Gasteiger partial charge in [0.05, 0.1) is 29.2 Å². The molecule has 8 heteroatoms. The Morgan fingerprint density at radius 2 is 1.51 bits per heavy atom. The van der Waals surface area contributed by atoms with Crippen LogP contribution in [0.5, 0.6) is 5.75 Å². The summed E-state index contributed by atoms with van der Waals surface area (Å²) in [5, 5.41) is 3.44. The van der Waals surface area contributed by atoms with E-state index in [0.29, 0.717) is 16.5 Å². The van der Waals surface area contributed by atoms with Crippen LogP contribution in [0.15, 0.2) is 108 Å². The van der Waals surface area contributed by atoms with E-state index < -0.39 is 15.9 Å². The Morgan fingerprint density at radius 3 is 2.22 bits per heavy atom. The van der Waals surface area contributed by atoms with Crippen LogP contribution >= 0.6 is 11.6 Å². The first-order chi connectivity index (χ1) is 17.8. The summed E-state index contributed by atoms with van der Waals surface area (Å²) in [4.78, 5) is 13.3. The number of carbonyl (C=O) groups excluding carboxylic acids is 1. The summed E-state index contributed by atoms with van der Waals surface area (Å²) in [5.41, 5.74) is 2.29. The summed E-state index contributed by atoms with van der Waals surface area (Å²) in [6.07, 6.45) is 0. The zero-order valence-electron chi connectivity index (χ0n) is 20.3. The predicted molar refractivity (Wildman–Crippen MR) is 147 cm³/mol. The number of halogens is 1. The van der Waals surface area contributed by atoms with Gasteiger partial charge in [-0.2, -0.15) is 0 Å². The Bertz CT molecular complexity index is 1440. The number of hydrogen-bond donors (Lipinski definition) is 1. The molecule has 0 heterocycles. The molecule has 4 aromatic carbocycles. The smallest absolute Gasteiger partial charge is 0.264 e. The van der Waals surface area contributed by atoms with Crippen molar-refractivity contribution in [3.63, 3.8) is 0 Å². The highest BCUT2D eigenvalue weighted by Crippen LogP contribution is 2.29. The van der Waals surface area contributed by atoms with Crippen molar-refractivity contribution in [3.8, 4) is 5.75 Å². The molecule has 0 aliphatic rings. The number of sulfonamides is 1. The monoisotopic (exact) mass is 534 g/mol. The Kier molecular flexibility index (Phi) is 8.48. The average Bonchev–Trinajstić information content (AvgIpc) is 2.91. The number of hydrogen-bond acceptors (Lipinski definition) is 4. The van der Waals surface area contributed by atoms with Gasteiger partial charge in [-0.3, -0.25) is 9.10 Å². The third-order valence-electron chi connectivity index (χ3n) is 5.67. The van der Waals surface area contributed by atoms with Crippen molar-refractivity contribution >= 4 is 33.2 Å². The van der Waals surface area contributed by atoms with E-state index in [9.17, 15) is 13.2 Å². The van der Waals surface area contributed by atoms with Crippen LogP contribution in [-0.4, -0.2) is 27.5 Å². The largest absolute Gasteiger partial charge is 0.492 e. The molecule has 0 bridgehead atoms. The highest BCUT2D eigenvalue weighted by Gasteiger charge is 2.28. The maximum absolute atomic E-state index is 13.8. The zero-order valence-corrected chi connectivity index (χ0v) is 21.9. The number of amides is 1. The van der Waals surface area contributed by atoms with Gasteiger partial charge in [0.15, 0.2) is 0 Å². The van der Waals surface area contributed by atoms with E-state index in [1.54, 1.807) is 72.8 Å². The summed E-state index contributed by atoms with van der Waals surface area (Å²) in [6.45, 7) is 2.44. The third kappa shape index (κ3) is 6.70. The van der Waals surface area contributed by atoms with Gasteiger partial charge < -0.3 is 10.1 Å². The number of ether oxygens (including phenoxy) is 1. The normalized spacial score (nSPS) is 11.1. The Balaban J connectivity index is 1.59. The molecule has 0 aliphatic heterocycles. The number of nitrogens with zero attached hydrogens (tertiary/aromatic N) is 1. The lowest BCUT2D eigenvalue weighted by Crippen LogP contribution is -2.34. The van der Waals surface area contributed by atoms with Crippen molar-refractivity contribution in [3.05, 3.63) is 125 Å². The molecule has 6 nitrogen and oxygen atoms in total. The van der Waals surface area contributed by atoms with E-state index >= 15 is 0 Å². The second-order valence-electron chi connectivity index (χ2n) is 8.39. The van der Waals surface area contributed by atoms with Crippen LogP contribution in [0.4, 0.5) is 5.69 Å². The lowest BCUT2D eigenvalue weighted by molar-refractivity contribution is 0.0947. The van der Waals surface area contributed by atoms with Crippen LogP contribution in [0.1, 0.15) is 21.5 Å². The summed E-state index contributed by atoms with van der Waals surface area (Å²) in [7, 11) is -3.97. The molecule has 190 valence electrons. The lowest BCUT2D eigenvalue weighted by atomic mass is 10.1. The molecule has 1 N–H and O–H groups in total. The van der Waals surface area contributed by atoms with Crippen LogP contribution < -0.4 is 14.4 Å². The van der Waals surface area contributed by atoms with Gasteiger partial charge in [-0.05, 0) is 61.0 Å². The fourth-order valence-corrected chi connectivity index (χ4v) is 5.33. The molecule has 0 unspecified atom stereocenters. The van der Waals surface area contributed by atoms with Crippen LogP contribution in [0, 0.1) is 6.92 Å². The van der Waals surface area contributed by atoms with Crippen molar-refractivity contribution < 1.29 is 17.9 Å². The topological polar surface area (TPSA) is 75.7 Å². The van der Waals surface area contributed by atoms with E-state index in [4.69, 9.17) is 16.3 Å². The van der Waals surface area contributed by atoms with E-state index in [2.05, 4.69) is 5.32 Å². The third-order valence-corrected chi connectivity index (χ3v) is 7.69.